The second-order valence-electron chi connectivity index (χ2n) is 7.70. The second-order valence-corrected chi connectivity index (χ2v) is 7.70. The molecule has 0 spiro atoms. The van der Waals surface area contributed by atoms with Gasteiger partial charge in [-0.1, -0.05) is 13.8 Å². The number of aromatic hydroxyl groups is 1. The van der Waals surface area contributed by atoms with Crippen molar-refractivity contribution >= 4 is 17.0 Å². The van der Waals surface area contributed by atoms with E-state index in [-0.39, 0.29) is 33.7 Å². The number of aromatic amines is 1. The lowest BCUT2D eigenvalue weighted by Crippen LogP contribution is -2.40. The van der Waals surface area contributed by atoms with Gasteiger partial charge >= 0.3 is 5.63 Å². The molecule has 1 saturated heterocycles. The number of aryl methyl sites for hydroxylation is 1. The van der Waals surface area contributed by atoms with Gasteiger partial charge in [0, 0.05) is 30.9 Å². The number of anilines is 1. The predicted molar refractivity (Wildman–Crippen MR) is 106 cm³/mol. The highest BCUT2D eigenvalue weighted by Crippen LogP contribution is 2.30. The third-order valence-corrected chi connectivity index (χ3v) is 5.09. The minimum Gasteiger partial charge on any atom is -0.507 e. The number of H-pyrrole nitrogens is 1. The highest BCUT2D eigenvalue weighted by molar-refractivity contribution is 5.93. The average molecular weight is 382 g/mol. The maximum Gasteiger partial charge on any atom is 0.347 e. The second kappa shape index (κ2) is 6.78. The normalized spacial score (nSPS) is 19.9. The Kier molecular flexibility index (Phi) is 4.41. The van der Waals surface area contributed by atoms with Crippen molar-refractivity contribution in [1.29, 1.82) is 0 Å². The molecule has 0 saturated carbocycles. The zero-order valence-corrected chi connectivity index (χ0v) is 16.0. The molecule has 2 unspecified atom stereocenters. The van der Waals surface area contributed by atoms with Gasteiger partial charge in [-0.25, -0.2) is 9.78 Å². The molecule has 0 aromatic carbocycles. The number of nitrogens with one attached hydrogen (secondary N) is 1. The van der Waals surface area contributed by atoms with Gasteiger partial charge in [-0.2, -0.15) is 4.98 Å². The first-order valence-electron chi connectivity index (χ1n) is 9.31. The molecular weight excluding hydrogens is 360 g/mol. The number of pyridine rings is 1. The first-order chi connectivity index (χ1) is 13.3. The lowest BCUT2D eigenvalue weighted by atomic mass is 9.92. The van der Waals surface area contributed by atoms with E-state index < -0.39 is 11.2 Å². The van der Waals surface area contributed by atoms with Crippen LogP contribution in [-0.4, -0.2) is 33.1 Å². The van der Waals surface area contributed by atoms with E-state index in [9.17, 15) is 14.7 Å². The quantitative estimate of drug-likeness (QED) is 0.700. The Bertz CT molecular complexity index is 1160. The van der Waals surface area contributed by atoms with Gasteiger partial charge in [0.2, 0.25) is 5.95 Å². The fourth-order valence-electron chi connectivity index (χ4n) is 4.09. The van der Waals surface area contributed by atoms with Gasteiger partial charge in [0.1, 0.15) is 17.1 Å². The van der Waals surface area contributed by atoms with Crippen molar-refractivity contribution in [2.24, 2.45) is 11.8 Å². The Labute approximate surface area is 160 Å². The number of hydrogen-bond donors (Lipinski definition) is 2. The van der Waals surface area contributed by atoms with Gasteiger partial charge in [0.15, 0.2) is 5.65 Å². The molecule has 2 atom stereocenters. The molecule has 3 aromatic heterocycles. The Morgan fingerprint density at radius 3 is 2.64 bits per heavy atom. The van der Waals surface area contributed by atoms with Crippen molar-refractivity contribution in [1.82, 2.24) is 15.0 Å². The van der Waals surface area contributed by atoms with Crippen LogP contribution < -0.4 is 16.1 Å². The maximum atomic E-state index is 12.9. The first kappa shape index (κ1) is 18.2. The van der Waals surface area contributed by atoms with Gasteiger partial charge in [-0.15, -0.1) is 0 Å². The molecule has 4 heterocycles. The summed E-state index contributed by atoms with van der Waals surface area (Å²) in [5.74, 6) is 1.51. The van der Waals surface area contributed by atoms with Gasteiger partial charge in [-0.05, 0) is 31.2 Å². The van der Waals surface area contributed by atoms with Crippen LogP contribution in [0.25, 0.3) is 22.2 Å². The molecule has 8 heteroatoms. The zero-order chi connectivity index (χ0) is 20.0. The van der Waals surface area contributed by atoms with E-state index in [0.29, 0.717) is 17.8 Å². The van der Waals surface area contributed by atoms with Crippen molar-refractivity contribution in [2.45, 2.75) is 27.2 Å². The van der Waals surface area contributed by atoms with Gasteiger partial charge < -0.3 is 14.4 Å². The molecule has 1 aliphatic rings. The number of rotatable bonds is 2. The van der Waals surface area contributed by atoms with E-state index in [0.717, 1.165) is 19.5 Å². The summed E-state index contributed by atoms with van der Waals surface area (Å²) in [7, 11) is 0. The molecule has 8 nitrogen and oxygen atoms in total. The van der Waals surface area contributed by atoms with Gasteiger partial charge in [-0.3, -0.25) is 9.78 Å². The number of aromatic nitrogens is 3. The smallest absolute Gasteiger partial charge is 0.347 e. The molecule has 1 aliphatic heterocycles. The van der Waals surface area contributed by atoms with Crippen molar-refractivity contribution in [2.75, 3.05) is 18.0 Å². The van der Waals surface area contributed by atoms with Crippen LogP contribution in [0.15, 0.2) is 32.3 Å². The number of fused-ring (bicyclic) bond motifs is 1. The van der Waals surface area contributed by atoms with E-state index >= 15 is 0 Å². The molecule has 0 amide bonds. The van der Waals surface area contributed by atoms with Crippen LogP contribution in [0.3, 0.4) is 0 Å². The standard InChI is InChI=1S/C20H22N4O4/c1-10-6-11(2)9-24(8-10)20-22-17-16(18(26)23-20)13(4-5-21-17)15-14(25)7-12(3)28-19(15)27/h4-5,7,10-11,25H,6,8-9H2,1-3H3,(H,21,22,23,26). The van der Waals surface area contributed by atoms with Gasteiger partial charge in [0.05, 0.1) is 5.39 Å². The number of nitrogens with zero attached hydrogens (tertiary/aromatic N) is 3. The first-order valence-corrected chi connectivity index (χ1v) is 9.31. The predicted octanol–water partition coefficient (Wildman–Crippen LogP) is 2.43. The van der Waals surface area contributed by atoms with Crippen LogP contribution in [0.1, 0.15) is 26.0 Å². The van der Waals surface area contributed by atoms with E-state index in [1.54, 1.807) is 6.92 Å². The third kappa shape index (κ3) is 3.15. The fourth-order valence-corrected chi connectivity index (χ4v) is 4.09. The van der Waals surface area contributed by atoms with Crippen molar-refractivity contribution in [3.05, 3.63) is 44.9 Å². The summed E-state index contributed by atoms with van der Waals surface area (Å²) < 4.78 is 5.10. The van der Waals surface area contributed by atoms with E-state index in [4.69, 9.17) is 4.42 Å². The third-order valence-electron chi connectivity index (χ3n) is 5.09. The molecule has 1 fully saturated rings. The fraction of sp³-hybridized carbons (Fsp3) is 0.400. The Morgan fingerprint density at radius 1 is 1.25 bits per heavy atom. The maximum absolute atomic E-state index is 12.9. The van der Waals surface area contributed by atoms with Gasteiger partial charge in [0.25, 0.3) is 5.56 Å². The minimum absolute atomic E-state index is 0.0710. The lowest BCUT2D eigenvalue weighted by molar-refractivity contribution is 0.353. The number of piperidine rings is 1. The zero-order valence-electron chi connectivity index (χ0n) is 16.0. The molecule has 3 aromatic rings. The Balaban J connectivity index is 1.89. The largest absolute Gasteiger partial charge is 0.507 e. The highest BCUT2D eigenvalue weighted by Gasteiger charge is 2.25. The SMILES string of the molecule is Cc1cc(O)c(-c2ccnc3nc(N4CC(C)CC(C)C4)[nH]c(=O)c23)c(=O)o1. The number of hydrogen-bond acceptors (Lipinski definition) is 7. The molecule has 2 N–H and O–H groups in total. The summed E-state index contributed by atoms with van der Waals surface area (Å²) in [6.45, 7) is 7.54. The summed E-state index contributed by atoms with van der Waals surface area (Å²) in [5, 5.41) is 10.4. The molecule has 0 aliphatic carbocycles. The van der Waals surface area contributed by atoms with E-state index in [2.05, 4.69) is 33.7 Å². The topological polar surface area (TPSA) is 112 Å². The average Bonchev–Trinajstić information content (AvgIpc) is 2.59. The van der Waals surface area contributed by atoms with Crippen LogP contribution in [0.4, 0.5) is 5.95 Å². The molecule has 146 valence electrons. The molecular formula is C20H22N4O4. The molecule has 0 radical (unpaired) electrons. The van der Waals surface area contributed by atoms with Crippen molar-refractivity contribution in [3.63, 3.8) is 0 Å². The van der Waals surface area contributed by atoms with Crippen LogP contribution in [0, 0.1) is 18.8 Å². The Morgan fingerprint density at radius 2 is 1.96 bits per heavy atom. The van der Waals surface area contributed by atoms with Crippen molar-refractivity contribution in [3.8, 4) is 16.9 Å². The summed E-state index contributed by atoms with van der Waals surface area (Å²) in [6.07, 6.45) is 2.60. The highest BCUT2D eigenvalue weighted by atomic mass is 16.4. The van der Waals surface area contributed by atoms with Crippen LogP contribution in [0.5, 0.6) is 5.75 Å². The molecule has 4 rings (SSSR count). The Hall–Kier alpha value is -3.16. The van der Waals surface area contributed by atoms with Crippen LogP contribution in [-0.2, 0) is 0 Å². The lowest BCUT2D eigenvalue weighted by Gasteiger charge is -2.35. The van der Waals surface area contributed by atoms with Crippen molar-refractivity contribution < 1.29 is 9.52 Å². The summed E-state index contributed by atoms with van der Waals surface area (Å²) >= 11 is 0. The molecule has 28 heavy (non-hydrogen) atoms. The summed E-state index contributed by atoms with van der Waals surface area (Å²) in [6, 6.07) is 2.85. The summed E-state index contributed by atoms with van der Waals surface area (Å²) in [5.41, 5.74) is -0.725. The van der Waals surface area contributed by atoms with E-state index in [1.807, 2.05) is 0 Å². The monoisotopic (exact) mass is 382 g/mol. The van der Waals surface area contributed by atoms with Crippen LogP contribution in [0.2, 0.25) is 0 Å². The van der Waals surface area contributed by atoms with E-state index in [1.165, 1.54) is 18.3 Å². The minimum atomic E-state index is -0.716. The summed E-state index contributed by atoms with van der Waals surface area (Å²) in [4.78, 5) is 38.9. The van der Waals surface area contributed by atoms with Crippen LogP contribution >= 0.6 is 0 Å². The molecule has 0 bridgehead atoms.